The van der Waals surface area contributed by atoms with Crippen molar-refractivity contribution < 1.29 is 4.42 Å². The van der Waals surface area contributed by atoms with Crippen LogP contribution in [0.5, 0.6) is 0 Å². The summed E-state index contributed by atoms with van der Waals surface area (Å²) in [5.41, 5.74) is 6.91. The standard InChI is InChI=1S/C15H26N2O/c1-12-13(9-15(10-16)18-12)11-17(2)14-7-5-3-4-6-8-14/h9,14H,3-8,10-11,16H2,1-2H3. The molecule has 18 heavy (non-hydrogen) atoms. The third-order valence-electron chi connectivity index (χ3n) is 4.14. The zero-order chi connectivity index (χ0) is 13.0. The van der Waals surface area contributed by atoms with E-state index in [4.69, 9.17) is 10.2 Å². The van der Waals surface area contributed by atoms with E-state index in [1.54, 1.807) is 0 Å². The summed E-state index contributed by atoms with van der Waals surface area (Å²) in [6.45, 7) is 3.52. The fourth-order valence-electron chi connectivity index (χ4n) is 2.94. The minimum Gasteiger partial charge on any atom is -0.465 e. The average Bonchev–Trinajstić information content (AvgIpc) is 2.59. The molecule has 2 N–H and O–H groups in total. The van der Waals surface area contributed by atoms with Crippen LogP contribution >= 0.6 is 0 Å². The molecule has 0 aliphatic heterocycles. The second-order valence-electron chi connectivity index (χ2n) is 5.56. The largest absolute Gasteiger partial charge is 0.465 e. The first-order valence-electron chi connectivity index (χ1n) is 7.19. The maximum absolute atomic E-state index is 5.63. The lowest BCUT2D eigenvalue weighted by Crippen LogP contribution is -2.30. The van der Waals surface area contributed by atoms with Crippen LogP contribution in [0.15, 0.2) is 10.5 Å². The van der Waals surface area contributed by atoms with E-state index in [-0.39, 0.29) is 0 Å². The molecule has 0 amide bonds. The minimum atomic E-state index is 0.494. The molecular formula is C15H26N2O. The van der Waals surface area contributed by atoms with Crippen molar-refractivity contribution in [3.8, 4) is 0 Å². The smallest absolute Gasteiger partial charge is 0.118 e. The lowest BCUT2D eigenvalue weighted by molar-refractivity contribution is 0.212. The molecule has 0 saturated heterocycles. The molecule has 0 spiro atoms. The van der Waals surface area contributed by atoms with Crippen LogP contribution in [0.25, 0.3) is 0 Å². The highest BCUT2D eigenvalue weighted by Crippen LogP contribution is 2.23. The summed E-state index contributed by atoms with van der Waals surface area (Å²) in [7, 11) is 2.24. The summed E-state index contributed by atoms with van der Waals surface area (Å²) in [5, 5.41) is 0. The third-order valence-corrected chi connectivity index (χ3v) is 4.14. The van der Waals surface area contributed by atoms with E-state index in [2.05, 4.69) is 18.0 Å². The Morgan fingerprint density at radius 1 is 1.28 bits per heavy atom. The molecule has 1 saturated carbocycles. The average molecular weight is 250 g/mol. The van der Waals surface area contributed by atoms with Crippen LogP contribution in [0.2, 0.25) is 0 Å². The fourth-order valence-corrected chi connectivity index (χ4v) is 2.94. The summed E-state index contributed by atoms with van der Waals surface area (Å²) in [5.74, 6) is 1.92. The Labute approximate surface area is 110 Å². The van der Waals surface area contributed by atoms with Gasteiger partial charge in [0.25, 0.3) is 0 Å². The lowest BCUT2D eigenvalue weighted by atomic mass is 10.1. The summed E-state index contributed by atoms with van der Waals surface area (Å²) in [4.78, 5) is 2.49. The van der Waals surface area contributed by atoms with Crippen LogP contribution in [0.3, 0.4) is 0 Å². The van der Waals surface area contributed by atoms with Crippen molar-refractivity contribution in [2.24, 2.45) is 5.73 Å². The van der Waals surface area contributed by atoms with Crippen LogP contribution in [0.1, 0.15) is 55.6 Å². The Balaban J connectivity index is 1.96. The van der Waals surface area contributed by atoms with Gasteiger partial charge in [-0.15, -0.1) is 0 Å². The van der Waals surface area contributed by atoms with Crippen molar-refractivity contribution in [2.45, 2.75) is 64.6 Å². The number of rotatable bonds is 4. The van der Waals surface area contributed by atoms with Gasteiger partial charge in [0.1, 0.15) is 11.5 Å². The van der Waals surface area contributed by atoms with E-state index in [0.717, 1.165) is 24.1 Å². The quantitative estimate of drug-likeness (QED) is 0.834. The van der Waals surface area contributed by atoms with Gasteiger partial charge in [-0.25, -0.2) is 0 Å². The van der Waals surface area contributed by atoms with Crippen molar-refractivity contribution in [1.82, 2.24) is 4.90 Å². The van der Waals surface area contributed by atoms with Gasteiger partial charge in [0, 0.05) is 18.2 Å². The number of nitrogens with two attached hydrogens (primary N) is 1. The molecule has 0 radical (unpaired) electrons. The Morgan fingerprint density at radius 2 is 1.94 bits per heavy atom. The highest BCUT2D eigenvalue weighted by molar-refractivity contribution is 5.20. The van der Waals surface area contributed by atoms with Crippen molar-refractivity contribution in [3.05, 3.63) is 23.2 Å². The van der Waals surface area contributed by atoms with Crippen molar-refractivity contribution in [1.29, 1.82) is 0 Å². The Hall–Kier alpha value is -0.800. The van der Waals surface area contributed by atoms with Gasteiger partial charge in [0.2, 0.25) is 0 Å². The van der Waals surface area contributed by atoms with Crippen LogP contribution in [0, 0.1) is 6.92 Å². The van der Waals surface area contributed by atoms with Crippen molar-refractivity contribution in [3.63, 3.8) is 0 Å². The van der Waals surface area contributed by atoms with Gasteiger partial charge < -0.3 is 10.2 Å². The molecule has 3 nitrogen and oxygen atoms in total. The van der Waals surface area contributed by atoms with E-state index >= 15 is 0 Å². The molecule has 1 aliphatic carbocycles. The maximum Gasteiger partial charge on any atom is 0.118 e. The number of hydrogen-bond acceptors (Lipinski definition) is 3. The van der Waals surface area contributed by atoms with Crippen LogP contribution in [0.4, 0.5) is 0 Å². The molecule has 0 bridgehead atoms. The second kappa shape index (κ2) is 6.39. The molecule has 2 rings (SSSR count). The molecule has 1 aliphatic rings. The molecule has 1 aromatic rings. The summed E-state index contributed by atoms with van der Waals surface area (Å²) in [6.07, 6.45) is 8.27. The van der Waals surface area contributed by atoms with Gasteiger partial charge in [-0.05, 0) is 32.9 Å². The van der Waals surface area contributed by atoms with Gasteiger partial charge in [0.15, 0.2) is 0 Å². The first-order valence-corrected chi connectivity index (χ1v) is 7.19. The van der Waals surface area contributed by atoms with Gasteiger partial charge in [-0.1, -0.05) is 25.7 Å². The zero-order valence-electron chi connectivity index (χ0n) is 11.7. The second-order valence-corrected chi connectivity index (χ2v) is 5.56. The molecule has 102 valence electrons. The molecule has 3 heteroatoms. The summed E-state index contributed by atoms with van der Waals surface area (Å²) in [6, 6.07) is 2.85. The third kappa shape index (κ3) is 3.36. The normalized spacial score (nSPS) is 18.2. The molecule has 1 fully saturated rings. The van der Waals surface area contributed by atoms with Gasteiger partial charge in [0.05, 0.1) is 6.54 Å². The highest BCUT2D eigenvalue weighted by atomic mass is 16.3. The highest BCUT2D eigenvalue weighted by Gasteiger charge is 2.18. The monoisotopic (exact) mass is 250 g/mol. The lowest BCUT2D eigenvalue weighted by Gasteiger charge is -2.26. The van der Waals surface area contributed by atoms with Crippen LogP contribution in [-0.2, 0) is 13.1 Å². The number of hydrogen-bond donors (Lipinski definition) is 1. The first kappa shape index (κ1) is 13.6. The molecule has 0 unspecified atom stereocenters. The molecule has 1 heterocycles. The van der Waals surface area contributed by atoms with E-state index in [0.29, 0.717) is 6.54 Å². The minimum absolute atomic E-state index is 0.494. The molecule has 1 aromatic heterocycles. The Bertz CT molecular complexity index is 365. The van der Waals surface area contributed by atoms with Gasteiger partial charge >= 0.3 is 0 Å². The van der Waals surface area contributed by atoms with Gasteiger partial charge in [-0.2, -0.15) is 0 Å². The van der Waals surface area contributed by atoms with Crippen LogP contribution in [-0.4, -0.2) is 18.0 Å². The van der Waals surface area contributed by atoms with Crippen molar-refractivity contribution >= 4 is 0 Å². The zero-order valence-corrected chi connectivity index (χ0v) is 11.7. The number of nitrogens with zero attached hydrogens (tertiary/aromatic N) is 1. The summed E-state index contributed by atoms with van der Waals surface area (Å²) < 4.78 is 5.63. The van der Waals surface area contributed by atoms with Crippen molar-refractivity contribution in [2.75, 3.05) is 7.05 Å². The number of aryl methyl sites for hydroxylation is 1. The molecule has 0 aromatic carbocycles. The van der Waals surface area contributed by atoms with E-state index < -0.39 is 0 Å². The predicted octanol–water partition coefficient (Wildman–Crippen LogP) is 3.20. The number of furan rings is 1. The van der Waals surface area contributed by atoms with Gasteiger partial charge in [-0.3, -0.25) is 4.90 Å². The van der Waals surface area contributed by atoms with Crippen LogP contribution < -0.4 is 5.73 Å². The predicted molar refractivity (Wildman–Crippen MR) is 74.3 cm³/mol. The van der Waals surface area contributed by atoms with E-state index in [1.807, 2.05) is 6.92 Å². The Kier molecular flexibility index (Phi) is 4.84. The summed E-state index contributed by atoms with van der Waals surface area (Å²) >= 11 is 0. The molecule has 0 atom stereocenters. The fraction of sp³-hybridized carbons (Fsp3) is 0.733. The van der Waals surface area contributed by atoms with E-state index in [9.17, 15) is 0 Å². The molecular weight excluding hydrogens is 224 g/mol. The topological polar surface area (TPSA) is 42.4 Å². The Morgan fingerprint density at radius 3 is 2.50 bits per heavy atom. The SMILES string of the molecule is Cc1oc(CN)cc1CN(C)C1CCCCCC1. The first-order chi connectivity index (χ1) is 8.70. The maximum atomic E-state index is 5.63. The van der Waals surface area contributed by atoms with E-state index in [1.165, 1.54) is 44.1 Å².